The van der Waals surface area contributed by atoms with Crippen LogP contribution in [-0.2, 0) is 14.3 Å². The molecule has 3 heteroatoms. The molecule has 3 nitrogen and oxygen atoms in total. The van der Waals surface area contributed by atoms with Crippen molar-refractivity contribution in [3.63, 3.8) is 0 Å². The molecule has 3 atom stereocenters. The number of ketones is 1. The van der Waals surface area contributed by atoms with Gasteiger partial charge < -0.3 is 9.47 Å². The molecule has 0 radical (unpaired) electrons. The van der Waals surface area contributed by atoms with E-state index in [1.54, 1.807) is 25.4 Å². The van der Waals surface area contributed by atoms with Crippen molar-refractivity contribution >= 4 is 5.78 Å². The zero-order chi connectivity index (χ0) is 16.2. The lowest BCUT2D eigenvalue weighted by Gasteiger charge is -2.47. The second kappa shape index (κ2) is 5.29. The highest BCUT2D eigenvalue weighted by Crippen LogP contribution is 2.58. The Morgan fingerprint density at radius 1 is 1.13 bits per heavy atom. The lowest BCUT2D eigenvalue weighted by atomic mass is 9.58. The first kappa shape index (κ1) is 15.6. The topological polar surface area (TPSA) is 35.5 Å². The number of hydrogen-bond donors (Lipinski definition) is 0. The third kappa shape index (κ3) is 2.12. The minimum absolute atomic E-state index is 0.0796. The van der Waals surface area contributed by atoms with Crippen LogP contribution in [0.15, 0.2) is 22.8 Å². The smallest absolute Gasteiger partial charge is 0.171 e. The average molecular weight is 316 g/mol. The van der Waals surface area contributed by atoms with Crippen molar-refractivity contribution in [2.45, 2.75) is 64.1 Å². The molecule has 1 saturated carbocycles. The van der Waals surface area contributed by atoms with Gasteiger partial charge in [-0.05, 0) is 55.1 Å². The number of methoxy groups -OCH3 is 2. The van der Waals surface area contributed by atoms with Gasteiger partial charge in [0.1, 0.15) is 5.78 Å². The van der Waals surface area contributed by atoms with E-state index < -0.39 is 5.79 Å². The molecule has 1 fully saturated rings. The Hall–Kier alpha value is -0.930. The number of allylic oxidation sites excluding steroid dienone is 3. The highest BCUT2D eigenvalue weighted by Gasteiger charge is 2.53. The summed E-state index contributed by atoms with van der Waals surface area (Å²) in [4.78, 5) is 12.4. The van der Waals surface area contributed by atoms with Crippen LogP contribution in [0.4, 0.5) is 0 Å². The molecule has 0 amide bonds. The Bertz CT molecular complexity index is 596. The number of Topliss-reactive ketones (excluding diaryl/α,β-unsaturated/α-hetero) is 1. The molecule has 0 N–H and O–H groups in total. The van der Waals surface area contributed by atoms with Crippen LogP contribution in [-0.4, -0.2) is 25.8 Å². The molecule has 0 bridgehead atoms. The lowest BCUT2D eigenvalue weighted by Crippen LogP contribution is -2.42. The molecule has 3 unspecified atom stereocenters. The summed E-state index contributed by atoms with van der Waals surface area (Å²) in [5.74, 6) is 1.26. The van der Waals surface area contributed by atoms with Crippen LogP contribution < -0.4 is 0 Å². The summed E-state index contributed by atoms with van der Waals surface area (Å²) in [7, 11) is 3.52. The van der Waals surface area contributed by atoms with E-state index in [0.717, 1.165) is 44.9 Å². The van der Waals surface area contributed by atoms with Gasteiger partial charge in [-0.2, -0.15) is 0 Å². The normalized spacial score (nSPS) is 38.7. The molecule has 4 aliphatic carbocycles. The van der Waals surface area contributed by atoms with Crippen LogP contribution in [0, 0.1) is 17.3 Å². The first-order valence-corrected chi connectivity index (χ1v) is 9.08. The number of rotatable bonds is 2. The Balaban J connectivity index is 1.68. The number of ether oxygens (including phenoxy) is 2. The van der Waals surface area contributed by atoms with E-state index >= 15 is 0 Å². The fraction of sp³-hybridized carbons (Fsp3) is 0.750. The maximum Gasteiger partial charge on any atom is 0.171 e. The second-order valence-corrected chi connectivity index (χ2v) is 8.07. The van der Waals surface area contributed by atoms with Gasteiger partial charge in [-0.25, -0.2) is 0 Å². The van der Waals surface area contributed by atoms with Gasteiger partial charge in [-0.3, -0.25) is 4.79 Å². The summed E-state index contributed by atoms with van der Waals surface area (Å²) < 4.78 is 11.4. The number of carbonyl (C=O) groups is 1. The molecule has 0 heterocycles. The molecule has 0 saturated heterocycles. The standard InChI is InChI=1S/C20H28O3/c1-19-10-8-15-14-9-11-20(22-2,23-3)12-13(14)4-5-16(15)17(19)6-7-18(19)21/h8,16-17H,4-7,9-12H2,1-3H3. The molecule has 4 aliphatic rings. The summed E-state index contributed by atoms with van der Waals surface area (Å²) in [5, 5.41) is 0. The van der Waals surface area contributed by atoms with Crippen molar-refractivity contribution in [3.05, 3.63) is 22.8 Å². The highest BCUT2D eigenvalue weighted by atomic mass is 16.7. The molecule has 0 spiro atoms. The van der Waals surface area contributed by atoms with Crippen LogP contribution in [0.5, 0.6) is 0 Å². The predicted octanol–water partition coefficient (Wildman–Crippen LogP) is 4.18. The zero-order valence-corrected chi connectivity index (χ0v) is 14.6. The molecule has 4 rings (SSSR count). The molecule has 23 heavy (non-hydrogen) atoms. The minimum atomic E-state index is -0.418. The van der Waals surface area contributed by atoms with E-state index in [2.05, 4.69) is 13.0 Å². The maximum atomic E-state index is 12.4. The summed E-state index contributed by atoms with van der Waals surface area (Å²) in [6.45, 7) is 2.21. The Morgan fingerprint density at radius 2 is 1.91 bits per heavy atom. The third-order valence-corrected chi connectivity index (χ3v) is 7.28. The summed E-state index contributed by atoms with van der Waals surface area (Å²) in [5.41, 5.74) is 4.61. The molecule has 0 aromatic rings. The molecular formula is C20H28O3. The van der Waals surface area contributed by atoms with Crippen LogP contribution in [0.2, 0.25) is 0 Å². The zero-order valence-electron chi connectivity index (χ0n) is 14.6. The largest absolute Gasteiger partial charge is 0.353 e. The van der Waals surface area contributed by atoms with Gasteiger partial charge >= 0.3 is 0 Å². The monoisotopic (exact) mass is 316 g/mol. The summed E-state index contributed by atoms with van der Waals surface area (Å²) in [6, 6.07) is 0. The van der Waals surface area contributed by atoms with Crippen molar-refractivity contribution in [1.82, 2.24) is 0 Å². The first-order chi connectivity index (χ1) is 11.0. The van der Waals surface area contributed by atoms with Crippen molar-refractivity contribution in [2.75, 3.05) is 14.2 Å². The van der Waals surface area contributed by atoms with Gasteiger partial charge in [0.25, 0.3) is 0 Å². The van der Waals surface area contributed by atoms with Gasteiger partial charge in [0.05, 0.1) is 0 Å². The van der Waals surface area contributed by atoms with E-state index in [4.69, 9.17) is 9.47 Å². The van der Waals surface area contributed by atoms with Crippen molar-refractivity contribution < 1.29 is 14.3 Å². The Morgan fingerprint density at radius 3 is 2.65 bits per heavy atom. The van der Waals surface area contributed by atoms with E-state index in [-0.39, 0.29) is 5.41 Å². The summed E-state index contributed by atoms with van der Waals surface area (Å²) in [6.07, 6.45) is 10.5. The predicted molar refractivity (Wildman–Crippen MR) is 88.9 cm³/mol. The summed E-state index contributed by atoms with van der Waals surface area (Å²) >= 11 is 0. The van der Waals surface area contributed by atoms with E-state index in [1.807, 2.05) is 0 Å². The molecule has 0 aromatic carbocycles. The lowest BCUT2D eigenvalue weighted by molar-refractivity contribution is -0.212. The number of carbonyl (C=O) groups excluding carboxylic acids is 1. The van der Waals surface area contributed by atoms with Gasteiger partial charge in [0.2, 0.25) is 0 Å². The van der Waals surface area contributed by atoms with Gasteiger partial charge in [0.15, 0.2) is 5.79 Å². The number of fused-ring (bicyclic) bond motifs is 4. The SMILES string of the molecule is COC1(OC)CCC2=C(CCC3C2=CCC2(C)C(=O)CCC32)C1. The van der Waals surface area contributed by atoms with Crippen molar-refractivity contribution in [3.8, 4) is 0 Å². The highest BCUT2D eigenvalue weighted by molar-refractivity contribution is 5.87. The maximum absolute atomic E-state index is 12.4. The van der Waals surface area contributed by atoms with Crippen LogP contribution >= 0.6 is 0 Å². The fourth-order valence-electron chi connectivity index (χ4n) is 5.76. The minimum Gasteiger partial charge on any atom is -0.353 e. The van der Waals surface area contributed by atoms with E-state index in [1.165, 1.54) is 12.0 Å². The quantitative estimate of drug-likeness (QED) is 0.717. The molecule has 126 valence electrons. The van der Waals surface area contributed by atoms with E-state index in [9.17, 15) is 4.79 Å². The van der Waals surface area contributed by atoms with E-state index in [0.29, 0.717) is 17.6 Å². The van der Waals surface area contributed by atoms with Crippen LogP contribution in [0.3, 0.4) is 0 Å². The van der Waals surface area contributed by atoms with Gasteiger partial charge in [0, 0.05) is 38.9 Å². The average Bonchev–Trinajstić information content (AvgIpc) is 2.89. The van der Waals surface area contributed by atoms with Gasteiger partial charge in [-0.1, -0.05) is 18.6 Å². The Labute approximate surface area is 139 Å². The Kier molecular flexibility index (Phi) is 3.58. The van der Waals surface area contributed by atoms with Crippen molar-refractivity contribution in [1.29, 1.82) is 0 Å². The van der Waals surface area contributed by atoms with Crippen LogP contribution in [0.1, 0.15) is 58.3 Å². The third-order valence-electron chi connectivity index (χ3n) is 7.28. The molecular weight excluding hydrogens is 288 g/mol. The first-order valence-electron chi connectivity index (χ1n) is 9.08. The van der Waals surface area contributed by atoms with Crippen molar-refractivity contribution in [2.24, 2.45) is 17.3 Å². The van der Waals surface area contributed by atoms with Gasteiger partial charge in [-0.15, -0.1) is 0 Å². The van der Waals surface area contributed by atoms with Crippen LogP contribution in [0.25, 0.3) is 0 Å². The second-order valence-electron chi connectivity index (χ2n) is 8.07. The molecule has 0 aromatic heterocycles. The number of hydrogen-bond acceptors (Lipinski definition) is 3. The fourth-order valence-corrected chi connectivity index (χ4v) is 5.76. The molecule has 0 aliphatic heterocycles.